The van der Waals surface area contributed by atoms with Crippen LogP contribution in [0, 0.1) is 0 Å². The molecule has 1 aromatic carbocycles. The Morgan fingerprint density at radius 2 is 1.48 bits per heavy atom. The Morgan fingerprint density at radius 1 is 0.952 bits per heavy atom. The molecule has 0 bridgehead atoms. The van der Waals surface area contributed by atoms with Crippen molar-refractivity contribution < 1.29 is 4.79 Å². The number of nitrogens with one attached hydrogen (secondary N) is 2. The molecule has 0 spiro atoms. The molecule has 0 saturated heterocycles. The third kappa shape index (κ3) is 4.24. The van der Waals surface area contributed by atoms with Crippen LogP contribution in [-0.2, 0) is 17.6 Å². The van der Waals surface area contributed by atoms with Gasteiger partial charge in [-0.3, -0.25) is 4.79 Å². The zero-order valence-corrected chi connectivity index (χ0v) is 12.5. The Labute approximate surface area is 124 Å². The van der Waals surface area contributed by atoms with Crippen LogP contribution in [0.5, 0.6) is 0 Å². The van der Waals surface area contributed by atoms with Crippen LogP contribution in [-0.4, -0.2) is 20.9 Å². The topological polar surface area (TPSA) is 79.8 Å². The Morgan fingerprint density at radius 3 is 1.95 bits per heavy atom. The molecule has 21 heavy (non-hydrogen) atoms. The molecule has 110 valence electrons. The summed E-state index contributed by atoms with van der Waals surface area (Å²) in [5.74, 6) is 2.01. The van der Waals surface area contributed by atoms with E-state index in [1.807, 2.05) is 38.1 Å². The second-order valence-electron chi connectivity index (χ2n) is 4.58. The highest BCUT2D eigenvalue weighted by atomic mass is 16.1. The molecule has 1 aromatic heterocycles. The molecule has 0 aliphatic rings. The maximum absolute atomic E-state index is 11.0. The minimum absolute atomic E-state index is 0.0895. The molecule has 6 nitrogen and oxygen atoms in total. The fraction of sp³-hybridized carbons (Fsp3) is 0.333. The minimum Gasteiger partial charge on any atom is -0.326 e. The van der Waals surface area contributed by atoms with Crippen molar-refractivity contribution in [1.29, 1.82) is 0 Å². The maximum Gasteiger partial charge on any atom is 0.230 e. The minimum atomic E-state index is -0.0895. The lowest BCUT2D eigenvalue weighted by molar-refractivity contribution is -0.114. The van der Waals surface area contributed by atoms with Crippen LogP contribution in [0.25, 0.3) is 0 Å². The van der Waals surface area contributed by atoms with Crippen molar-refractivity contribution in [3.8, 4) is 0 Å². The van der Waals surface area contributed by atoms with Gasteiger partial charge in [-0.25, -0.2) is 4.98 Å². The van der Waals surface area contributed by atoms with Crippen LogP contribution >= 0.6 is 0 Å². The van der Waals surface area contributed by atoms with E-state index in [9.17, 15) is 4.79 Å². The van der Waals surface area contributed by atoms with Gasteiger partial charge in [0.1, 0.15) is 11.6 Å². The molecule has 2 N–H and O–H groups in total. The summed E-state index contributed by atoms with van der Waals surface area (Å²) in [6.45, 7) is 5.51. The predicted octanol–water partition coefficient (Wildman–Crippen LogP) is 2.70. The van der Waals surface area contributed by atoms with E-state index in [-0.39, 0.29) is 5.91 Å². The van der Waals surface area contributed by atoms with Crippen molar-refractivity contribution in [2.45, 2.75) is 33.6 Å². The number of carbonyl (C=O) groups is 1. The van der Waals surface area contributed by atoms with E-state index in [1.54, 1.807) is 0 Å². The van der Waals surface area contributed by atoms with E-state index in [4.69, 9.17) is 0 Å². The molecule has 0 aliphatic heterocycles. The molecule has 2 aromatic rings. The van der Waals surface area contributed by atoms with E-state index in [0.717, 1.165) is 35.9 Å². The predicted molar refractivity (Wildman–Crippen MR) is 82.6 cm³/mol. The first-order valence-electron chi connectivity index (χ1n) is 6.99. The van der Waals surface area contributed by atoms with E-state index in [1.165, 1.54) is 6.92 Å². The number of aryl methyl sites for hydroxylation is 2. The monoisotopic (exact) mass is 285 g/mol. The number of benzene rings is 1. The molecule has 1 heterocycles. The number of amides is 1. The van der Waals surface area contributed by atoms with Crippen molar-refractivity contribution in [1.82, 2.24) is 15.0 Å². The lowest BCUT2D eigenvalue weighted by atomic mass is 10.3. The number of aromatic nitrogens is 3. The summed E-state index contributed by atoms with van der Waals surface area (Å²) in [6.07, 6.45) is 1.54. The molecule has 0 aliphatic carbocycles. The van der Waals surface area contributed by atoms with Gasteiger partial charge in [-0.2, -0.15) is 9.97 Å². The highest BCUT2D eigenvalue weighted by molar-refractivity contribution is 5.88. The summed E-state index contributed by atoms with van der Waals surface area (Å²) in [4.78, 5) is 24.1. The lowest BCUT2D eigenvalue weighted by Gasteiger charge is -2.08. The summed E-state index contributed by atoms with van der Waals surface area (Å²) >= 11 is 0. The summed E-state index contributed by atoms with van der Waals surface area (Å²) in [5, 5.41) is 5.88. The number of hydrogen-bond donors (Lipinski definition) is 2. The van der Waals surface area contributed by atoms with Crippen LogP contribution < -0.4 is 10.6 Å². The molecule has 6 heteroatoms. The van der Waals surface area contributed by atoms with Crippen molar-refractivity contribution in [3.63, 3.8) is 0 Å². The molecular formula is C15H19N5O. The fourth-order valence-corrected chi connectivity index (χ4v) is 1.81. The van der Waals surface area contributed by atoms with Gasteiger partial charge in [0.15, 0.2) is 0 Å². The van der Waals surface area contributed by atoms with Gasteiger partial charge >= 0.3 is 0 Å². The third-order valence-corrected chi connectivity index (χ3v) is 2.82. The van der Waals surface area contributed by atoms with Gasteiger partial charge in [0, 0.05) is 31.1 Å². The van der Waals surface area contributed by atoms with Gasteiger partial charge in [-0.1, -0.05) is 13.8 Å². The molecule has 0 saturated carbocycles. The highest BCUT2D eigenvalue weighted by Crippen LogP contribution is 2.17. The molecule has 2 rings (SSSR count). The van der Waals surface area contributed by atoms with E-state index in [2.05, 4.69) is 25.6 Å². The summed E-state index contributed by atoms with van der Waals surface area (Å²) < 4.78 is 0. The maximum atomic E-state index is 11.0. The first kappa shape index (κ1) is 14.9. The van der Waals surface area contributed by atoms with Gasteiger partial charge in [0.05, 0.1) is 0 Å². The average Bonchev–Trinajstić information content (AvgIpc) is 2.48. The second-order valence-corrected chi connectivity index (χ2v) is 4.58. The Kier molecular flexibility index (Phi) is 4.81. The first-order valence-corrected chi connectivity index (χ1v) is 6.99. The second kappa shape index (κ2) is 6.78. The van der Waals surface area contributed by atoms with Crippen molar-refractivity contribution in [2.75, 3.05) is 10.6 Å². The molecule has 0 unspecified atom stereocenters. The van der Waals surface area contributed by atoms with Gasteiger partial charge in [-0.15, -0.1) is 0 Å². The van der Waals surface area contributed by atoms with Crippen molar-refractivity contribution in [3.05, 3.63) is 35.9 Å². The quantitative estimate of drug-likeness (QED) is 0.883. The first-order chi connectivity index (χ1) is 10.1. The van der Waals surface area contributed by atoms with Crippen LogP contribution in [0.3, 0.4) is 0 Å². The standard InChI is InChI=1S/C15H19N5O/c1-4-13-18-14(5-2)20-15(19-13)17-12-8-6-11(7-9-12)16-10(3)21/h6-9H,4-5H2,1-3H3,(H,16,21)(H,17,18,19,20). The number of rotatable bonds is 5. The van der Waals surface area contributed by atoms with Gasteiger partial charge in [0.2, 0.25) is 11.9 Å². The summed E-state index contributed by atoms with van der Waals surface area (Å²) in [7, 11) is 0. The Balaban J connectivity index is 2.15. The van der Waals surface area contributed by atoms with E-state index >= 15 is 0 Å². The summed E-state index contributed by atoms with van der Waals surface area (Å²) in [5.41, 5.74) is 1.62. The number of carbonyl (C=O) groups excluding carboxylic acids is 1. The lowest BCUT2D eigenvalue weighted by Crippen LogP contribution is -2.07. The zero-order valence-electron chi connectivity index (χ0n) is 12.5. The molecule has 0 atom stereocenters. The van der Waals surface area contributed by atoms with Crippen LogP contribution in [0.1, 0.15) is 32.4 Å². The number of nitrogens with zero attached hydrogens (tertiary/aromatic N) is 3. The highest BCUT2D eigenvalue weighted by Gasteiger charge is 2.05. The van der Waals surface area contributed by atoms with Gasteiger partial charge in [-0.05, 0) is 24.3 Å². The fourth-order valence-electron chi connectivity index (χ4n) is 1.81. The number of anilines is 3. The Bertz CT molecular complexity index is 602. The third-order valence-electron chi connectivity index (χ3n) is 2.82. The summed E-state index contributed by atoms with van der Waals surface area (Å²) in [6, 6.07) is 7.39. The molecule has 0 fully saturated rings. The molecular weight excluding hydrogens is 266 g/mol. The molecule has 1 amide bonds. The van der Waals surface area contributed by atoms with Gasteiger partial charge < -0.3 is 10.6 Å². The normalized spacial score (nSPS) is 10.2. The number of hydrogen-bond acceptors (Lipinski definition) is 5. The SMILES string of the molecule is CCc1nc(CC)nc(Nc2ccc(NC(C)=O)cc2)n1. The van der Waals surface area contributed by atoms with E-state index in [0.29, 0.717) is 5.95 Å². The average molecular weight is 285 g/mol. The van der Waals surface area contributed by atoms with Gasteiger partial charge in [0.25, 0.3) is 0 Å². The largest absolute Gasteiger partial charge is 0.326 e. The molecule has 0 radical (unpaired) electrons. The zero-order chi connectivity index (χ0) is 15.2. The van der Waals surface area contributed by atoms with Crippen LogP contribution in [0.4, 0.5) is 17.3 Å². The van der Waals surface area contributed by atoms with Crippen molar-refractivity contribution in [2.24, 2.45) is 0 Å². The van der Waals surface area contributed by atoms with Crippen LogP contribution in [0.15, 0.2) is 24.3 Å². The smallest absolute Gasteiger partial charge is 0.230 e. The van der Waals surface area contributed by atoms with E-state index < -0.39 is 0 Å². The van der Waals surface area contributed by atoms with Crippen LogP contribution in [0.2, 0.25) is 0 Å². The Hall–Kier alpha value is -2.50. The van der Waals surface area contributed by atoms with Crippen molar-refractivity contribution >= 4 is 23.2 Å².